The number of nitrogens with two attached hydrogens (primary N) is 1. The van der Waals surface area contributed by atoms with Gasteiger partial charge in [-0.3, -0.25) is 19.5 Å². The van der Waals surface area contributed by atoms with Gasteiger partial charge in [-0.25, -0.2) is 0 Å². The van der Waals surface area contributed by atoms with E-state index in [0.29, 0.717) is 0 Å². The molecule has 0 amide bonds. The second-order valence-corrected chi connectivity index (χ2v) is 7.60. The second kappa shape index (κ2) is 7.85. The van der Waals surface area contributed by atoms with E-state index in [4.69, 9.17) is 27.2 Å². The van der Waals surface area contributed by atoms with Gasteiger partial charge in [-0.15, -0.1) is 0 Å². The molecule has 0 aliphatic heterocycles. The standard InChI is InChI=1S/C12H16ClN2O7P/c1-22-12(23(20,21)5-4-9(14)11(16)17)7-2-3-8(13)10(6-7)15(18)19/h2-3,6,9,12H,4-5,14H2,1H3,(H,16,17)(H,20,21)/t9-,12?/m0/s1. The van der Waals surface area contributed by atoms with Crippen molar-refractivity contribution in [1.29, 1.82) is 0 Å². The average Bonchev–Trinajstić information content (AvgIpc) is 2.46. The highest BCUT2D eigenvalue weighted by Crippen LogP contribution is 2.56. The Balaban J connectivity index is 3.07. The highest BCUT2D eigenvalue weighted by atomic mass is 35.5. The van der Waals surface area contributed by atoms with Crippen LogP contribution in [-0.4, -0.2) is 40.2 Å². The Bertz CT molecular complexity index is 654. The summed E-state index contributed by atoms with van der Waals surface area (Å²) in [6, 6.07) is 2.33. The molecule has 3 atom stereocenters. The van der Waals surface area contributed by atoms with E-state index in [1.165, 1.54) is 19.2 Å². The van der Waals surface area contributed by atoms with Crippen molar-refractivity contribution in [2.24, 2.45) is 5.73 Å². The molecule has 1 aromatic carbocycles. The Morgan fingerprint density at radius 3 is 2.65 bits per heavy atom. The van der Waals surface area contributed by atoms with Gasteiger partial charge in [-0.05, 0) is 18.1 Å². The molecule has 0 bridgehead atoms. The molecule has 4 N–H and O–H groups in total. The summed E-state index contributed by atoms with van der Waals surface area (Å²) in [7, 11) is -2.84. The highest BCUT2D eigenvalue weighted by molar-refractivity contribution is 7.58. The molecule has 11 heteroatoms. The number of carboxylic acid groups (broad SMARTS) is 1. The van der Waals surface area contributed by atoms with E-state index in [9.17, 15) is 24.4 Å². The molecule has 23 heavy (non-hydrogen) atoms. The molecule has 2 unspecified atom stereocenters. The fourth-order valence-corrected chi connectivity index (χ4v) is 3.95. The van der Waals surface area contributed by atoms with E-state index in [0.717, 1.165) is 6.07 Å². The van der Waals surface area contributed by atoms with Crippen molar-refractivity contribution in [2.45, 2.75) is 18.3 Å². The number of rotatable bonds is 8. The van der Waals surface area contributed by atoms with Crippen molar-refractivity contribution in [3.63, 3.8) is 0 Å². The fourth-order valence-electron chi connectivity index (χ4n) is 1.92. The van der Waals surface area contributed by atoms with Gasteiger partial charge in [0.25, 0.3) is 5.69 Å². The first-order valence-electron chi connectivity index (χ1n) is 6.36. The molecule has 0 aliphatic rings. The van der Waals surface area contributed by atoms with Crippen LogP contribution in [0.4, 0.5) is 5.69 Å². The van der Waals surface area contributed by atoms with Crippen molar-refractivity contribution in [1.82, 2.24) is 0 Å². The van der Waals surface area contributed by atoms with E-state index in [2.05, 4.69) is 0 Å². The van der Waals surface area contributed by atoms with Gasteiger partial charge in [-0.2, -0.15) is 0 Å². The summed E-state index contributed by atoms with van der Waals surface area (Å²) in [5.41, 5.74) is 4.98. The maximum Gasteiger partial charge on any atom is 0.320 e. The van der Waals surface area contributed by atoms with Crippen LogP contribution in [0.5, 0.6) is 0 Å². The van der Waals surface area contributed by atoms with Crippen LogP contribution >= 0.6 is 19.0 Å². The number of benzene rings is 1. The fraction of sp³-hybridized carbons (Fsp3) is 0.417. The van der Waals surface area contributed by atoms with E-state index in [-0.39, 0.29) is 17.0 Å². The Kier molecular flexibility index (Phi) is 6.67. The van der Waals surface area contributed by atoms with Crippen molar-refractivity contribution >= 4 is 30.6 Å². The van der Waals surface area contributed by atoms with Crippen LogP contribution in [0.3, 0.4) is 0 Å². The lowest BCUT2D eigenvalue weighted by Crippen LogP contribution is -2.31. The van der Waals surface area contributed by atoms with E-state index in [1.54, 1.807) is 0 Å². The Hall–Kier alpha value is -1.51. The van der Waals surface area contributed by atoms with Gasteiger partial charge >= 0.3 is 5.97 Å². The first-order chi connectivity index (χ1) is 10.6. The lowest BCUT2D eigenvalue weighted by Gasteiger charge is -2.22. The third kappa shape index (κ3) is 4.98. The molecule has 0 aliphatic carbocycles. The number of ether oxygens (including phenoxy) is 1. The van der Waals surface area contributed by atoms with Crippen LogP contribution in [0.15, 0.2) is 18.2 Å². The molecule has 0 spiro atoms. The highest BCUT2D eigenvalue weighted by Gasteiger charge is 2.34. The number of carbonyl (C=O) groups is 1. The summed E-state index contributed by atoms with van der Waals surface area (Å²) in [5.74, 6) is -2.64. The zero-order valence-electron chi connectivity index (χ0n) is 12.1. The van der Waals surface area contributed by atoms with Crippen LogP contribution in [0, 0.1) is 10.1 Å². The second-order valence-electron chi connectivity index (χ2n) is 4.77. The molecule has 0 fully saturated rings. The number of nitrogens with zero attached hydrogens (tertiary/aromatic N) is 1. The molecular formula is C12H16ClN2O7P. The minimum absolute atomic E-state index is 0.0957. The maximum atomic E-state index is 12.4. The lowest BCUT2D eigenvalue weighted by molar-refractivity contribution is -0.384. The van der Waals surface area contributed by atoms with Crippen LogP contribution in [0.25, 0.3) is 0 Å². The minimum atomic E-state index is -4.01. The molecule has 0 saturated carbocycles. The predicted molar refractivity (Wildman–Crippen MR) is 82.8 cm³/mol. The number of hydrogen-bond donors (Lipinski definition) is 3. The predicted octanol–water partition coefficient (Wildman–Crippen LogP) is 1.97. The van der Waals surface area contributed by atoms with Gasteiger partial charge in [0, 0.05) is 19.3 Å². The smallest absolute Gasteiger partial charge is 0.320 e. The Labute approximate surface area is 136 Å². The van der Waals surface area contributed by atoms with Gasteiger partial charge in [0.05, 0.1) is 4.92 Å². The summed E-state index contributed by atoms with van der Waals surface area (Å²) in [4.78, 5) is 31.0. The van der Waals surface area contributed by atoms with Gasteiger partial charge in [0.15, 0.2) is 5.85 Å². The molecular weight excluding hydrogens is 351 g/mol. The monoisotopic (exact) mass is 366 g/mol. The van der Waals surface area contributed by atoms with Crippen LogP contribution in [-0.2, 0) is 14.1 Å². The third-order valence-corrected chi connectivity index (χ3v) is 5.58. The summed E-state index contributed by atoms with van der Waals surface area (Å²) < 4.78 is 17.4. The Morgan fingerprint density at radius 2 is 2.17 bits per heavy atom. The summed E-state index contributed by atoms with van der Waals surface area (Å²) in [6.45, 7) is 0. The number of nitro benzene ring substituents is 1. The van der Waals surface area contributed by atoms with E-state index < -0.39 is 42.0 Å². The SMILES string of the molecule is COC(c1ccc(Cl)c([N+](=O)[O-])c1)P(=O)(O)CC[C@H](N)C(=O)O. The van der Waals surface area contributed by atoms with Crippen LogP contribution < -0.4 is 5.73 Å². The minimum Gasteiger partial charge on any atom is -0.480 e. The molecule has 1 rings (SSSR count). The summed E-state index contributed by atoms with van der Waals surface area (Å²) in [5, 5.41) is 19.5. The number of aliphatic carboxylic acids is 1. The van der Waals surface area contributed by atoms with Crippen molar-refractivity contribution in [3.05, 3.63) is 38.9 Å². The number of methoxy groups -OCH3 is 1. The molecule has 1 aromatic rings. The number of hydrogen-bond acceptors (Lipinski definition) is 6. The van der Waals surface area contributed by atoms with Crippen molar-refractivity contribution < 1.29 is 29.0 Å². The van der Waals surface area contributed by atoms with Crippen LogP contribution in [0.2, 0.25) is 5.02 Å². The maximum absolute atomic E-state index is 12.4. The third-order valence-electron chi connectivity index (χ3n) is 3.12. The summed E-state index contributed by atoms with van der Waals surface area (Å²) in [6.07, 6.45) is -0.645. The first-order valence-corrected chi connectivity index (χ1v) is 8.66. The van der Waals surface area contributed by atoms with Crippen LogP contribution in [0.1, 0.15) is 17.8 Å². The molecule has 9 nitrogen and oxygen atoms in total. The van der Waals surface area contributed by atoms with Gasteiger partial charge < -0.3 is 20.5 Å². The molecule has 0 heterocycles. The topological polar surface area (TPSA) is 153 Å². The zero-order valence-corrected chi connectivity index (χ0v) is 13.7. The summed E-state index contributed by atoms with van der Waals surface area (Å²) >= 11 is 5.70. The Morgan fingerprint density at radius 1 is 1.57 bits per heavy atom. The molecule has 0 aromatic heterocycles. The lowest BCUT2D eigenvalue weighted by atomic mass is 10.2. The molecule has 0 radical (unpaired) electrons. The van der Waals surface area contributed by atoms with Gasteiger partial charge in [0.2, 0.25) is 7.37 Å². The van der Waals surface area contributed by atoms with E-state index in [1.807, 2.05) is 0 Å². The zero-order chi connectivity index (χ0) is 17.8. The van der Waals surface area contributed by atoms with Crippen molar-refractivity contribution in [3.8, 4) is 0 Å². The van der Waals surface area contributed by atoms with Gasteiger partial charge in [-0.1, -0.05) is 17.7 Å². The largest absolute Gasteiger partial charge is 0.480 e. The normalized spacial score (nSPS) is 16.3. The molecule has 128 valence electrons. The quantitative estimate of drug-likeness (QED) is 0.358. The van der Waals surface area contributed by atoms with Gasteiger partial charge in [0.1, 0.15) is 11.1 Å². The number of halogens is 1. The van der Waals surface area contributed by atoms with Crippen molar-refractivity contribution in [2.75, 3.05) is 13.3 Å². The van der Waals surface area contributed by atoms with E-state index >= 15 is 0 Å². The first kappa shape index (κ1) is 19.5. The molecule has 0 saturated heterocycles. The number of carboxylic acids is 1. The average molecular weight is 367 g/mol. The number of nitro groups is 1.